The lowest BCUT2D eigenvalue weighted by Gasteiger charge is -2.21. The topological polar surface area (TPSA) is 33.2 Å². The number of aryl methyl sites for hydroxylation is 3. The van der Waals surface area contributed by atoms with Crippen molar-refractivity contribution in [2.45, 2.75) is 27.2 Å². The second-order valence-corrected chi connectivity index (χ2v) is 8.15. The molecule has 0 saturated carbocycles. The van der Waals surface area contributed by atoms with Crippen molar-refractivity contribution < 1.29 is 4.79 Å². The van der Waals surface area contributed by atoms with Gasteiger partial charge in [0.2, 0.25) is 5.91 Å². The van der Waals surface area contributed by atoms with Crippen molar-refractivity contribution in [1.29, 1.82) is 0 Å². The lowest BCUT2D eigenvalue weighted by atomic mass is 10.0. The first-order chi connectivity index (χ1) is 13.5. The Morgan fingerprint density at radius 3 is 2.32 bits per heavy atom. The second kappa shape index (κ2) is 7.56. The van der Waals surface area contributed by atoms with Gasteiger partial charge in [-0.1, -0.05) is 53.8 Å². The smallest absolute Gasteiger partial charge is 0.237 e. The van der Waals surface area contributed by atoms with Crippen LogP contribution in [-0.4, -0.2) is 10.9 Å². The van der Waals surface area contributed by atoms with E-state index < -0.39 is 0 Å². The number of benzene rings is 3. The van der Waals surface area contributed by atoms with Crippen molar-refractivity contribution in [3.63, 3.8) is 0 Å². The van der Waals surface area contributed by atoms with Crippen molar-refractivity contribution in [2.75, 3.05) is 4.90 Å². The number of amides is 1. The summed E-state index contributed by atoms with van der Waals surface area (Å²) in [5.41, 5.74) is 6.22. The van der Waals surface area contributed by atoms with E-state index in [1.165, 1.54) is 0 Å². The first-order valence-corrected chi connectivity index (χ1v) is 10.1. The first-order valence-electron chi connectivity index (χ1n) is 9.32. The van der Waals surface area contributed by atoms with Crippen LogP contribution in [0.25, 0.3) is 10.2 Å². The summed E-state index contributed by atoms with van der Waals surface area (Å²) in [6.45, 7) is 6.15. The minimum atomic E-state index is 0.0263. The summed E-state index contributed by atoms with van der Waals surface area (Å²) in [5, 5.41) is 0.713. The third-order valence-electron chi connectivity index (χ3n) is 4.79. The molecule has 0 bridgehead atoms. The maximum atomic E-state index is 13.5. The van der Waals surface area contributed by atoms with E-state index in [2.05, 4.69) is 32.0 Å². The number of carbonyl (C=O) groups is 1. The molecule has 0 fully saturated rings. The molecule has 4 rings (SSSR count). The summed E-state index contributed by atoms with van der Waals surface area (Å²) in [7, 11) is 0. The van der Waals surface area contributed by atoms with Gasteiger partial charge in [-0.05, 0) is 67.3 Å². The van der Waals surface area contributed by atoms with Gasteiger partial charge in [0.25, 0.3) is 0 Å². The van der Waals surface area contributed by atoms with E-state index in [1.54, 1.807) is 16.2 Å². The zero-order valence-corrected chi connectivity index (χ0v) is 17.1. The molecule has 3 aromatic carbocycles. The summed E-state index contributed by atoms with van der Waals surface area (Å²) in [6.07, 6.45) is 0.343. The standard InChI is InChI=1S/C24H22N2OS/c1-16-12-17(2)14-20(13-16)26(23(27)15-19-9-5-4-8-18(19)3)24-25-21-10-6-7-11-22(21)28-24/h4-14H,15H2,1-3H3. The van der Waals surface area contributed by atoms with E-state index in [1.807, 2.05) is 55.5 Å². The van der Waals surface area contributed by atoms with Crippen LogP contribution in [0.2, 0.25) is 0 Å². The zero-order valence-electron chi connectivity index (χ0n) is 16.3. The molecule has 28 heavy (non-hydrogen) atoms. The number of hydrogen-bond acceptors (Lipinski definition) is 3. The molecule has 0 aliphatic heterocycles. The number of aromatic nitrogens is 1. The molecule has 0 unspecified atom stereocenters. The monoisotopic (exact) mass is 386 g/mol. The fraction of sp³-hybridized carbons (Fsp3) is 0.167. The third-order valence-corrected chi connectivity index (χ3v) is 5.81. The van der Waals surface area contributed by atoms with Gasteiger partial charge in [0.15, 0.2) is 5.13 Å². The van der Waals surface area contributed by atoms with Crippen LogP contribution in [0.1, 0.15) is 22.3 Å². The van der Waals surface area contributed by atoms with E-state index in [9.17, 15) is 4.79 Å². The van der Waals surface area contributed by atoms with Crippen LogP contribution in [0, 0.1) is 20.8 Å². The Balaban J connectivity index is 1.80. The van der Waals surface area contributed by atoms with Gasteiger partial charge in [-0.25, -0.2) is 4.98 Å². The third kappa shape index (κ3) is 3.69. The number of hydrogen-bond donors (Lipinski definition) is 0. The van der Waals surface area contributed by atoms with Crippen LogP contribution < -0.4 is 4.90 Å². The number of thiazole rings is 1. The number of carbonyl (C=O) groups excluding carboxylic acids is 1. The molecule has 0 aliphatic rings. The van der Waals surface area contributed by atoms with Gasteiger partial charge in [0.1, 0.15) is 0 Å². The molecule has 0 radical (unpaired) electrons. The highest BCUT2D eigenvalue weighted by Crippen LogP contribution is 2.34. The van der Waals surface area contributed by atoms with Gasteiger partial charge in [0, 0.05) is 0 Å². The summed E-state index contributed by atoms with van der Waals surface area (Å²) in [4.78, 5) is 20.0. The summed E-state index contributed by atoms with van der Waals surface area (Å²) in [6, 6.07) is 22.3. The molecule has 140 valence electrons. The highest BCUT2D eigenvalue weighted by Gasteiger charge is 2.23. The molecule has 0 aliphatic carbocycles. The van der Waals surface area contributed by atoms with Crippen LogP contribution in [0.4, 0.5) is 10.8 Å². The van der Waals surface area contributed by atoms with E-state index in [-0.39, 0.29) is 5.91 Å². The highest BCUT2D eigenvalue weighted by molar-refractivity contribution is 7.22. The maximum Gasteiger partial charge on any atom is 0.237 e. The number of nitrogens with zero attached hydrogens (tertiary/aromatic N) is 2. The lowest BCUT2D eigenvalue weighted by molar-refractivity contribution is -0.117. The number of fused-ring (bicyclic) bond motifs is 1. The van der Waals surface area contributed by atoms with Crippen molar-refractivity contribution in [2.24, 2.45) is 0 Å². The second-order valence-electron chi connectivity index (χ2n) is 7.14. The minimum absolute atomic E-state index is 0.0263. The predicted molar refractivity (Wildman–Crippen MR) is 118 cm³/mol. The molecule has 4 heteroatoms. The minimum Gasteiger partial charge on any atom is -0.274 e. The van der Waals surface area contributed by atoms with Gasteiger partial charge in [-0.3, -0.25) is 9.69 Å². The molecular weight excluding hydrogens is 364 g/mol. The molecule has 3 nitrogen and oxygen atoms in total. The largest absolute Gasteiger partial charge is 0.274 e. The molecule has 0 spiro atoms. The average molecular weight is 387 g/mol. The normalized spacial score (nSPS) is 11.0. The molecule has 0 saturated heterocycles. The predicted octanol–water partition coefficient (Wildman–Crippen LogP) is 6.13. The van der Waals surface area contributed by atoms with Crippen LogP contribution in [-0.2, 0) is 11.2 Å². The molecule has 0 atom stereocenters. The van der Waals surface area contributed by atoms with E-state index >= 15 is 0 Å². The first kappa shape index (κ1) is 18.4. The Labute approximate surface area is 169 Å². The summed E-state index contributed by atoms with van der Waals surface area (Å²) >= 11 is 1.55. The Morgan fingerprint density at radius 2 is 1.61 bits per heavy atom. The molecule has 0 N–H and O–H groups in total. The van der Waals surface area contributed by atoms with Crippen LogP contribution in [0.15, 0.2) is 66.7 Å². The number of para-hydroxylation sites is 1. The van der Waals surface area contributed by atoms with Gasteiger partial charge in [-0.2, -0.15) is 0 Å². The van der Waals surface area contributed by atoms with Crippen molar-refractivity contribution in [3.05, 3.63) is 89.0 Å². The highest BCUT2D eigenvalue weighted by atomic mass is 32.1. The van der Waals surface area contributed by atoms with Crippen molar-refractivity contribution >= 4 is 38.3 Å². The Morgan fingerprint density at radius 1 is 0.929 bits per heavy atom. The Bertz CT molecular complexity index is 1110. The van der Waals surface area contributed by atoms with Gasteiger partial charge in [0.05, 0.1) is 22.3 Å². The zero-order chi connectivity index (χ0) is 19.7. The number of anilines is 2. The van der Waals surface area contributed by atoms with Gasteiger partial charge < -0.3 is 0 Å². The van der Waals surface area contributed by atoms with Crippen LogP contribution in [0.3, 0.4) is 0 Å². The lowest BCUT2D eigenvalue weighted by Crippen LogP contribution is -2.28. The molecular formula is C24H22N2OS. The summed E-state index contributed by atoms with van der Waals surface area (Å²) in [5.74, 6) is 0.0263. The van der Waals surface area contributed by atoms with Crippen LogP contribution in [0.5, 0.6) is 0 Å². The van der Waals surface area contributed by atoms with Crippen molar-refractivity contribution in [3.8, 4) is 0 Å². The maximum absolute atomic E-state index is 13.5. The molecule has 1 aromatic heterocycles. The Kier molecular flexibility index (Phi) is 4.97. The van der Waals surface area contributed by atoms with E-state index in [4.69, 9.17) is 4.98 Å². The molecule has 4 aromatic rings. The van der Waals surface area contributed by atoms with Gasteiger partial charge in [-0.15, -0.1) is 0 Å². The fourth-order valence-electron chi connectivity index (χ4n) is 3.45. The number of rotatable bonds is 4. The summed E-state index contributed by atoms with van der Waals surface area (Å²) < 4.78 is 1.08. The van der Waals surface area contributed by atoms with Gasteiger partial charge >= 0.3 is 0 Å². The SMILES string of the molecule is Cc1cc(C)cc(N(C(=O)Cc2ccccc2C)c2nc3ccccc3s2)c1. The van der Waals surface area contributed by atoms with E-state index in [0.29, 0.717) is 11.6 Å². The van der Waals surface area contributed by atoms with Crippen LogP contribution >= 0.6 is 11.3 Å². The molecule has 1 amide bonds. The van der Waals surface area contributed by atoms with E-state index in [0.717, 1.165) is 38.2 Å². The fourth-order valence-corrected chi connectivity index (χ4v) is 4.45. The average Bonchev–Trinajstić information content (AvgIpc) is 3.06. The Hall–Kier alpha value is -2.98. The molecule has 1 heterocycles. The quantitative estimate of drug-likeness (QED) is 0.423. The van der Waals surface area contributed by atoms with Crippen molar-refractivity contribution in [1.82, 2.24) is 4.98 Å².